The zero-order valence-electron chi connectivity index (χ0n) is 18.8. The molecule has 0 aliphatic rings. The van der Waals surface area contributed by atoms with Crippen LogP contribution in [0.5, 0.6) is 5.75 Å². The van der Waals surface area contributed by atoms with E-state index >= 15 is 0 Å². The second kappa shape index (κ2) is 11.4. The van der Waals surface area contributed by atoms with Crippen molar-refractivity contribution in [2.24, 2.45) is 0 Å². The predicted molar refractivity (Wildman–Crippen MR) is 148 cm³/mol. The molecule has 0 bridgehead atoms. The molecule has 182 valence electrons. The van der Waals surface area contributed by atoms with Crippen LogP contribution in [0.4, 0.5) is 11.4 Å². The molecule has 0 radical (unpaired) electrons. The molecule has 0 atom stereocenters. The lowest BCUT2D eigenvalue weighted by atomic mass is 10.2. The molecule has 0 aliphatic carbocycles. The summed E-state index contributed by atoms with van der Waals surface area (Å²) < 4.78 is 12.0. The van der Waals surface area contributed by atoms with Crippen molar-refractivity contribution in [1.29, 1.82) is 0 Å². The Labute approximate surface area is 225 Å². The van der Waals surface area contributed by atoms with Gasteiger partial charge in [-0.25, -0.2) is 0 Å². The van der Waals surface area contributed by atoms with E-state index in [4.69, 9.17) is 33.0 Å². The Hall–Kier alpha value is -3.66. The number of furan rings is 1. The lowest BCUT2D eigenvalue weighted by Gasteiger charge is -2.14. The van der Waals surface area contributed by atoms with E-state index in [2.05, 4.69) is 31.9 Å². The van der Waals surface area contributed by atoms with Crippen molar-refractivity contribution in [2.45, 2.75) is 0 Å². The lowest BCUT2D eigenvalue weighted by Crippen LogP contribution is -2.33. The molecule has 4 rings (SSSR count). The van der Waals surface area contributed by atoms with Gasteiger partial charge in [0.25, 0.3) is 11.8 Å². The zero-order valence-corrected chi connectivity index (χ0v) is 22.0. The van der Waals surface area contributed by atoms with Crippen LogP contribution >= 0.6 is 39.7 Å². The van der Waals surface area contributed by atoms with Gasteiger partial charge in [-0.05, 0) is 60.7 Å². The number of anilines is 2. The molecule has 0 saturated heterocycles. The van der Waals surface area contributed by atoms with Crippen molar-refractivity contribution in [1.82, 2.24) is 5.32 Å². The number of carbonyl (C=O) groups is 2. The summed E-state index contributed by atoms with van der Waals surface area (Å²) in [6.45, 7) is 0. The average molecular weight is 585 g/mol. The summed E-state index contributed by atoms with van der Waals surface area (Å²) in [6.07, 6.45) is 0. The van der Waals surface area contributed by atoms with E-state index in [1.807, 2.05) is 24.3 Å². The van der Waals surface area contributed by atoms with Crippen molar-refractivity contribution in [3.8, 4) is 17.1 Å². The molecule has 7 nitrogen and oxygen atoms in total. The minimum Gasteiger partial charge on any atom is -0.494 e. The molecule has 0 spiro atoms. The first-order valence-electron chi connectivity index (χ1n) is 10.6. The molecule has 10 heteroatoms. The summed E-state index contributed by atoms with van der Waals surface area (Å²) in [5.74, 6) is 0.201. The average Bonchev–Trinajstić information content (AvgIpc) is 3.36. The number of hydrogen-bond donors (Lipinski definition) is 3. The summed E-state index contributed by atoms with van der Waals surface area (Å²) in [5, 5.41) is 8.69. The number of rotatable bonds is 6. The van der Waals surface area contributed by atoms with E-state index in [0.717, 1.165) is 10.0 Å². The van der Waals surface area contributed by atoms with Gasteiger partial charge in [0.1, 0.15) is 11.5 Å². The van der Waals surface area contributed by atoms with Gasteiger partial charge < -0.3 is 19.8 Å². The first-order valence-corrected chi connectivity index (χ1v) is 12.1. The van der Waals surface area contributed by atoms with Gasteiger partial charge in [-0.3, -0.25) is 14.9 Å². The molecule has 36 heavy (non-hydrogen) atoms. The molecule has 0 unspecified atom stereocenters. The number of carbonyl (C=O) groups excluding carboxylic acids is 2. The molecule has 3 aromatic carbocycles. The van der Waals surface area contributed by atoms with Gasteiger partial charge in [-0.1, -0.05) is 51.8 Å². The largest absolute Gasteiger partial charge is 0.494 e. The van der Waals surface area contributed by atoms with Crippen molar-refractivity contribution < 1.29 is 18.7 Å². The highest BCUT2D eigenvalue weighted by Crippen LogP contribution is 2.29. The Balaban J connectivity index is 1.39. The highest BCUT2D eigenvalue weighted by atomic mass is 79.9. The van der Waals surface area contributed by atoms with Crippen LogP contribution < -0.4 is 20.7 Å². The standard InChI is InChI=1S/C26H19BrClN3O4S/c1-34-23-14-17(10-11-20(23)30-24(32)18-4-2-3-5-19(18)28)29-26(36)31-25(33)22-13-12-21(35-22)15-6-8-16(27)9-7-15/h2-14H,1H3,(H,30,32)(H2,29,31,33,36). The third kappa shape index (κ3) is 6.12. The molecule has 4 aromatic rings. The van der Waals surface area contributed by atoms with Crippen LogP contribution in [-0.4, -0.2) is 24.0 Å². The van der Waals surface area contributed by atoms with Gasteiger partial charge in [-0.2, -0.15) is 0 Å². The quantitative estimate of drug-likeness (QED) is 0.217. The Morgan fingerprint density at radius 2 is 1.69 bits per heavy atom. The predicted octanol–water partition coefficient (Wildman–Crippen LogP) is 6.75. The van der Waals surface area contributed by atoms with Gasteiger partial charge in [0.05, 0.1) is 23.4 Å². The van der Waals surface area contributed by atoms with E-state index in [9.17, 15) is 9.59 Å². The van der Waals surface area contributed by atoms with E-state index in [1.54, 1.807) is 54.6 Å². The highest BCUT2D eigenvalue weighted by Gasteiger charge is 2.16. The van der Waals surface area contributed by atoms with Crippen molar-refractivity contribution in [3.63, 3.8) is 0 Å². The van der Waals surface area contributed by atoms with Gasteiger partial charge in [0, 0.05) is 21.8 Å². The normalized spacial score (nSPS) is 10.4. The Kier molecular flexibility index (Phi) is 8.04. The maximum Gasteiger partial charge on any atom is 0.293 e. The SMILES string of the molecule is COc1cc(NC(=S)NC(=O)c2ccc(-c3ccc(Br)cc3)o2)ccc1NC(=O)c1ccccc1Cl. The molecule has 0 fully saturated rings. The van der Waals surface area contributed by atoms with E-state index in [0.29, 0.717) is 33.5 Å². The Bertz CT molecular complexity index is 1440. The van der Waals surface area contributed by atoms with Crippen LogP contribution in [-0.2, 0) is 0 Å². The second-order valence-electron chi connectivity index (χ2n) is 7.43. The summed E-state index contributed by atoms with van der Waals surface area (Å²) in [7, 11) is 1.48. The second-order valence-corrected chi connectivity index (χ2v) is 9.16. The Morgan fingerprint density at radius 3 is 2.42 bits per heavy atom. The summed E-state index contributed by atoms with van der Waals surface area (Å²) in [4.78, 5) is 25.2. The van der Waals surface area contributed by atoms with Gasteiger partial charge in [-0.15, -0.1) is 0 Å². The molecular formula is C26H19BrClN3O4S. The van der Waals surface area contributed by atoms with Gasteiger partial charge in [0.2, 0.25) is 0 Å². The third-order valence-corrected chi connectivity index (χ3v) is 6.07. The van der Waals surface area contributed by atoms with Crippen LogP contribution in [0.15, 0.2) is 87.8 Å². The van der Waals surface area contributed by atoms with E-state index < -0.39 is 5.91 Å². The number of amides is 2. The highest BCUT2D eigenvalue weighted by molar-refractivity contribution is 9.10. The van der Waals surface area contributed by atoms with Gasteiger partial charge in [0.15, 0.2) is 10.9 Å². The van der Waals surface area contributed by atoms with Crippen LogP contribution in [0.2, 0.25) is 5.02 Å². The van der Waals surface area contributed by atoms with Crippen LogP contribution in [0.3, 0.4) is 0 Å². The Morgan fingerprint density at radius 1 is 0.944 bits per heavy atom. The number of thiocarbonyl (C=S) groups is 1. The topological polar surface area (TPSA) is 92.6 Å². The first-order chi connectivity index (χ1) is 17.3. The van der Waals surface area contributed by atoms with Crippen molar-refractivity contribution in [2.75, 3.05) is 17.7 Å². The molecular weight excluding hydrogens is 566 g/mol. The number of hydrogen-bond acceptors (Lipinski definition) is 5. The smallest absolute Gasteiger partial charge is 0.293 e. The first kappa shape index (κ1) is 25.4. The van der Waals surface area contributed by atoms with Crippen LogP contribution in [0, 0.1) is 0 Å². The molecule has 3 N–H and O–H groups in total. The zero-order chi connectivity index (χ0) is 25.7. The number of benzene rings is 3. The maximum atomic E-state index is 12.6. The van der Waals surface area contributed by atoms with E-state index in [1.165, 1.54) is 7.11 Å². The summed E-state index contributed by atoms with van der Waals surface area (Å²) in [5.41, 5.74) is 2.17. The van der Waals surface area contributed by atoms with Crippen LogP contribution in [0.25, 0.3) is 11.3 Å². The fraction of sp³-hybridized carbons (Fsp3) is 0.0385. The van der Waals surface area contributed by atoms with Crippen molar-refractivity contribution >= 4 is 68.1 Å². The molecule has 0 saturated carbocycles. The molecule has 0 aliphatic heterocycles. The van der Waals surface area contributed by atoms with Crippen LogP contribution in [0.1, 0.15) is 20.9 Å². The fourth-order valence-corrected chi connectivity index (χ4v) is 3.96. The monoisotopic (exact) mass is 583 g/mol. The summed E-state index contributed by atoms with van der Waals surface area (Å²) >= 11 is 14.8. The minimum atomic E-state index is -0.494. The van der Waals surface area contributed by atoms with E-state index in [-0.39, 0.29) is 16.8 Å². The third-order valence-electron chi connectivity index (χ3n) is 5.01. The lowest BCUT2D eigenvalue weighted by molar-refractivity contribution is 0.0950. The molecule has 2 amide bonds. The maximum absolute atomic E-state index is 12.6. The number of halogens is 2. The fourth-order valence-electron chi connectivity index (χ4n) is 3.26. The number of nitrogens with one attached hydrogen (secondary N) is 3. The number of methoxy groups -OCH3 is 1. The van der Waals surface area contributed by atoms with Gasteiger partial charge >= 0.3 is 0 Å². The molecule has 1 aromatic heterocycles. The molecule has 1 heterocycles. The van der Waals surface area contributed by atoms with Crippen molar-refractivity contribution in [3.05, 3.63) is 99.7 Å². The minimum absolute atomic E-state index is 0.0662. The number of ether oxygens (including phenoxy) is 1. The summed E-state index contributed by atoms with van der Waals surface area (Å²) in [6, 6.07) is 22.5.